The largest absolute Gasteiger partial charge is 0.321 e. The molecule has 1 aromatic rings. The van der Waals surface area contributed by atoms with Gasteiger partial charge in [-0.25, -0.2) is 0 Å². The van der Waals surface area contributed by atoms with Crippen LogP contribution in [0.3, 0.4) is 0 Å². The van der Waals surface area contributed by atoms with Crippen molar-refractivity contribution in [3.63, 3.8) is 0 Å². The van der Waals surface area contributed by atoms with Gasteiger partial charge in [-0.2, -0.15) is 8.78 Å². The van der Waals surface area contributed by atoms with Crippen molar-refractivity contribution in [1.29, 1.82) is 0 Å². The van der Waals surface area contributed by atoms with E-state index in [1.54, 1.807) is 6.92 Å². The van der Waals surface area contributed by atoms with Crippen LogP contribution in [0.25, 0.3) is 0 Å². The zero-order valence-corrected chi connectivity index (χ0v) is 11.1. The summed E-state index contributed by atoms with van der Waals surface area (Å²) in [6.07, 6.45) is 1.76. The minimum atomic E-state index is -2.54. The van der Waals surface area contributed by atoms with Crippen LogP contribution >= 0.6 is 0 Å². The number of nitrogens with zero attached hydrogens (tertiary/aromatic N) is 4. The van der Waals surface area contributed by atoms with E-state index in [1.807, 2.05) is 0 Å². The van der Waals surface area contributed by atoms with Gasteiger partial charge in [0.25, 0.3) is 0 Å². The standard InChI is InChI=1S/C12H20F2N4/c1-8(2)17-6-4-10(5-7-17)11-16-15-9(3)18(11)12(13)14/h8,10,12H,4-7H2,1-3H3. The molecule has 1 aliphatic heterocycles. The van der Waals surface area contributed by atoms with Gasteiger partial charge < -0.3 is 4.90 Å². The van der Waals surface area contributed by atoms with Crippen molar-refractivity contribution in [2.75, 3.05) is 13.1 Å². The van der Waals surface area contributed by atoms with E-state index in [0.717, 1.165) is 30.5 Å². The second-order valence-electron chi connectivity index (χ2n) is 5.16. The second-order valence-corrected chi connectivity index (χ2v) is 5.16. The first-order valence-electron chi connectivity index (χ1n) is 6.44. The molecule has 0 unspecified atom stereocenters. The molecule has 0 aromatic carbocycles. The van der Waals surface area contributed by atoms with Crippen molar-refractivity contribution in [3.05, 3.63) is 11.6 Å². The summed E-state index contributed by atoms with van der Waals surface area (Å²) in [7, 11) is 0. The first-order valence-corrected chi connectivity index (χ1v) is 6.44. The van der Waals surface area contributed by atoms with Gasteiger partial charge in [-0.1, -0.05) is 0 Å². The van der Waals surface area contributed by atoms with Crippen molar-refractivity contribution in [1.82, 2.24) is 19.7 Å². The summed E-state index contributed by atoms with van der Waals surface area (Å²) in [6.45, 7) is 5.23. The Balaban J connectivity index is 2.10. The van der Waals surface area contributed by atoms with Crippen molar-refractivity contribution >= 4 is 0 Å². The normalized spacial score (nSPS) is 19.1. The van der Waals surface area contributed by atoms with Gasteiger partial charge in [0.15, 0.2) is 0 Å². The summed E-state index contributed by atoms with van der Waals surface area (Å²) in [5.74, 6) is 0.854. The summed E-state index contributed by atoms with van der Waals surface area (Å²) in [6, 6.07) is 0.514. The molecule has 1 saturated heterocycles. The van der Waals surface area contributed by atoms with Crippen LogP contribution in [0.1, 0.15) is 50.8 Å². The number of likely N-dealkylation sites (tertiary alicyclic amines) is 1. The van der Waals surface area contributed by atoms with Crippen molar-refractivity contribution in [2.45, 2.75) is 52.1 Å². The Labute approximate surface area is 106 Å². The van der Waals surface area contributed by atoms with E-state index in [-0.39, 0.29) is 5.92 Å². The van der Waals surface area contributed by atoms with Crippen molar-refractivity contribution < 1.29 is 8.78 Å². The zero-order chi connectivity index (χ0) is 13.3. The Bertz CT molecular complexity index is 395. The first kappa shape index (κ1) is 13.4. The molecule has 0 saturated carbocycles. The lowest BCUT2D eigenvalue weighted by molar-refractivity contribution is 0.0608. The van der Waals surface area contributed by atoms with E-state index in [4.69, 9.17) is 0 Å². The molecule has 0 spiro atoms. The second kappa shape index (κ2) is 5.30. The highest BCUT2D eigenvalue weighted by molar-refractivity contribution is 5.03. The number of rotatable bonds is 3. The highest BCUT2D eigenvalue weighted by Gasteiger charge is 2.28. The van der Waals surface area contributed by atoms with Crippen molar-refractivity contribution in [2.24, 2.45) is 0 Å². The molecule has 18 heavy (non-hydrogen) atoms. The third-order valence-corrected chi connectivity index (χ3v) is 3.71. The lowest BCUT2D eigenvalue weighted by Gasteiger charge is -2.34. The molecule has 4 nitrogen and oxygen atoms in total. The molecule has 2 rings (SSSR count). The fourth-order valence-corrected chi connectivity index (χ4v) is 2.58. The summed E-state index contributed by atoms with van der Waals surface area (Å²) in [5, 5.41) is 7.73. The summed E-state index contributed by atoms with van der Waals surface area (Å²) >= 11 is 0. The van der Waals surface area contributed by atoms with Gasteiger partial charge in [-0.05, 0) is 46.7 Å². The highest BCUT2D eigenvalue weighted by atomic mass is 19.3. The summed E-state index contributed by atoms with van der Waals surface area (Å²) in [5.41, 5.74) is 0. The SMILES string of the molecule is Cc1nnc(C2CCN(C(C)C)CC2)n1C(F)F. The average Bonchev–Trinajstić information content (AvgIpc) is 2.71. The zero-order valence-electron chi connectivity index (χ0n) is 11.1. The van der Waals surface area contributed by atoms with Crippen LogP contribution in [0.2, 0.25) is 0 Å². The van der Waals surface area contributed by atoms with Crippen molar-refractivity contribution in [3.8, 4) is 0 Å². The Morgan fingerprint density at radius 2 is 1.78 bits per heavy atom. The van der Waals surface area contributed by atoms with Crippen LogP contribution in [0, 0.1) is 6.92 Å². The van der Waals surface area contributed by atoms with Gasteiger partial charge in [0.2, 0.25) is 0 Å². The lowest BCUT2D eigenvalue weighted by Crippen LogP contribution is -2.38. The molecule has 2 heterocycles. The quantitative estimate of drug-likeness (QED) is 0.835. The predicted octanol–water partition coefficient (Wildman–Crippen LogP) is 2.57. The van der Waals surface area contributed by atoms with Gasteiger partial charge >= 0.3 is 6.55 Å². The van der Waals surface area contributed by atoms with Crippen LogP contribution in [-0.2, 0) is 0 Å². The van der Waals surface area contributed by atoms with Crippen LogP contribution < -0.4 is 0 Å². The van der Waals surface area contributed by atoms with Gasteiger partial charge in [-0.15, -0.1) is 10.2 Å². The Morgan fingerprint density at radius 1 is 1.17 bits per heavy atom. The Hall–Kier alpha value is -1.04. The van der Waals surface area contributed by atoms with E-state index < -0.39 is 6.55 Å². The molecule has 1 fully saturated rings. The molecule has 0 amide bonds. The third-order valence-electron chi connectivity index (χ3n) is 3.71. The molecule has 0 atom stereocenters. The first-order chi connectivity index (χ1) is 8.50. The van der Waals surface area contributed by atoms with Gasteiger partial charge in [-0.3, -0.25) is 4.57 Å². The molecular weight excluding hydrogens is 238 g/mol. The number of aryl methyl sites for hydroxylation is 1. The number of hydrogen-bond acceptors (Lipinski definition) is 3. The summed E-state index contributed by atoms with van der Waals surface area (Å²) < 4.78 is 26.9. The smallest absolute Gasteiger partial charge is 0.301 e. The fourth-order valence-electron chi connectivity index (χ4n) is 2.58. The van der Waals surface area contributed by atoms with E-state index >= 15 is 0 Å². The number of aromatic nitrogens is 3. The Kier molecular flexibility index (Phi) is 3.94. The topological polar surface area (TPSA) is 34.0 Å². The van der Waals surface area contributed by atoms with Gasteiger partial charge in [0.1, 0.15) is 11.6 Å². The van der Waals surface area contributed by atoms with Crippen LogP contribution in [0.5, 0.6) is 0 Å². The molecule has 102 valence electrons. The summed E-state index contributed by atoms with van der Waals surface area (Å²) in [4.78, 5) is 2.37. The minimum absolute atomic E-state index is 0.107. The number of alkyl halides is 2. The lowest BCUT2D eigenvalue weighted by atomic mass is 9.95. The average molecular weight is 258 g/mol. The molecule has 6 heteroatoms. The van der Waals surface area contributed by atoms with Gasteiger partial charge in [0, 0.05) is 12.0 Å². The number of halogens is 2. The number of piperidine rings is 1. The highest BCUT2D eigenvalue weighted by Crippen LogP contribution is 2.30. The predicted molar refractivity (Wildman–Crippen MR) is 64.7 cm³/mol. The van der Waals surface area contributed by atoms with Crippen LogP contribution in [0.4, 0.5) is 8.78 Å². The van der Waals surface area contributed by atoms with E-state index in [2.05, 4.69) is 28.9 Å². The number of hydrogen-bond donors (Lipinski definition) is 0. The van der Waals surface area contributed by atoms with Gasteiger partial charge in [0.05, 0.1) is 0 Å². The Morgan fingerprint density at radius 3 is 2.28 bits per heavy atom. The maximum Gasteiger partial charge on any atom is 0.321 e. The molecule has 0 N–H and O–H groups in total. The van der Waals surface area contributed by atoms with E-state index in [9.17, 15) is 8.78 Å². The van der Waals surface area contributed by atoms with Crippen LogP contribution in [-0.4, -0.2) is 38.8 Å². The maximum atomic E-state index is 13.0. The molecule has 0 radical (unpaired) electrons. The van der Waals surface area contributed by atoms with E-state index in [1.165, 1.54) is 0 Å². The monoisotopic (exact) mass is 258 g/mol. The molecular formula is C12H20F2N4. The molecule has 0 bridgehead atoms. The minimum Gasteiger partial charge on any atom is -0.301 e. The molecule has 0 aliphatic carbocycles. The van der Waals surface area contributed by atoms with Crippen LogP contribution in [0.15, 0.2) is 0 Å². The maximum absolute atomic E-state index is 13.0. The molecule has 1 aromatic heterocycles. The van der Waals surface area contributed by atoms with E-state index in [0.29, 0.717) is 17.7 Å². The third kappa shape index (κ3) is 2.53. The molecule has 1 aliphatic rings. The fraction of sp³-hybridized carbons (Fsp3) is 0.833.